The molecule has 0 aliphatic rings. The third kappa shape index (κ3) is 3.50. The molecule has 2 aromatic carbocycles. The van der Waals surface area contributed by atoms with Gasteiger partial charge in [0, 0.05) is 22.9 Å². The maximum absolute atomic E-state index is 13.1. The number of aromatic nitrogens is 2. The lowest BCUT2D eigenvalue weighted by atomic mass is 10.2. The highest BCUT2D eigenvalue weighted by Gasteiger charge is 2.21. The molecule has 0 aliphatic carbocycles. The van der Waals surface area contributed by atoms with Gasteiger partial charge < -0.3 is 0 Å². The van der Waals surface area contributed by atoms with Gasteiger partial charge in [-0.25, -0.2) is 9.97 Å². The molecule has 2 aromatic heterocycles. The summed E-state index contributed by atoms with van der Waals surface area (Å²) in [6, 6.07) is 21.3. The van der Waals surface area contributed by atoms with Gasteiger partial charge in [0.15, 0.2) is 5.13 Å². The van der Waals surface area contributed by atoms with Crippen molar-refractivity contribution in [2.75, 3.05) is 11.4 Å². The minimum Gasteiger partial charge on any atom is -0.279 e. The maximum atomic E-state index is 13.1. The summed E-state index contributed by atoms with van der Waals surface area (Å²) in [6.07, 6.45) is 1.70. The van der Waals surface area contributed by atoms with E-state index in [1.54, 1.807) is 17.0 Å². The fraction of sp³-hybridized carbons (Fsp3) is 0.0455. The highest BCUT2D eigenvalue weighted by molar-refractivity contribution is 7.14. The molecule has 0 saturated heterocycles. The first kappa shape index (κ1) is 17.1. The second kappa shape index (κ2) is 7.51. The Morgan fingerprint density at radius 1 is 1.00 bits per heavy atom. The summed E-state index contributed by atoms with van der Waals surface area (Å²) in [5.41, 5.74) is 3.07. The number of amides is 1. The maximum Gasteiger partial charge on any atom is 0.278 e. The lowest BCUT2D eigenvalue weighted by Crippen LogP contribution is -2.31. The van der Waals surface area contributed by atoms with Crippen molar-refractivity contribution in [3.63, 3.8) is 0 Å². The Balaban J connectivity index is 1.68. The van der Waals surface area contributed by atoms with Crippen molar-refractivity contribution < 1.29 is 4.79 Å². The van der Waals surface area contributed by atoms with Gasteiger partial charge in [-0.15, -0.1) is 17.9 Å². The van der Waals surface area contributed by atoms with Crippen LogP contribution in [0.4, 0.5) is 5.13 Å². The molecule has 2 heterocycles. The second-order valence-corrected chi connectivity index (χ2v) is 6.81. The van der Waals surface area contributed by atoms with Crippen LogP contribution in [0.3, 0.4) is 0 Å². The first-order chi connectivity index (χ1) is 13.3. The van der Waals surface area contributed by atoms with E-state index in [-0.39, 0.29) is 5.91 Å². The molecular weight excluding hydrogens is 354 g/mol. The molecular formula is C22H17N3OS. The number of hydrogen-bond acceptors (Lipinski definition) is 4. The van der Waals surface area contributed by atoms with Gasteiger partial charge in [-0.3, -0.25) is 9.69 Å². The van der Waals surface area contributed by atoms with E-state index in [9.17, 15) is 4.79 Å². The van der Waals surface area contributed by atoms with Gasteiger partial charge in [0.1, 0.15) is 5.69 Å². The number of anilines is 1. The van der Waals surface area contributed by atoms with Crippen LogP contribution in [0.1, 0.15) is 10.5 Å². The van der Waals surface area contributed by atoms with Gasteiger partial charge in [-0.2, -0.15) is 0 Å². The van der Waals surface area contributed by atoms with Crippen LogP contribution in [0.25, 0.3) is 22.2 Å². The lowest BCUT2D eigenvalue weighted by molar-refractivity contribution is 0.0985. The average Bonchev–Trinajstić information content (AvgIpc) is 3.22. The summed E-state index contributed by atoms with van der Waals surface area (Å²) >= 11 is 1.44. The van der Waals surface area contributed by atoms with Gasteiger partial charge in [0.05, 0.1) is 11.2 Å². The fourth-order valence-corrected chi connectivity index (χ4v) is 3.67. The van der Waals surface area contributed by atoms with Gasteiger partial charge in [0.2, 0.25) is 0 Å². The van der Waals surface area contributed by atoms with Crippen molar-refractivity contribution in [3.8, 4) is 11.3 Å². The van der Waals surface area contributed by atoms with Gasteiger partial charge >= 0.3 is 0 Å². The van der Waals surface area contributed by atoms with Gasteiger partial charge in [-0.1, -0.05) is 60.7 Å². The topological polar surface area (TPSA) is 46.1 Å². The van der Waals surface area contributed by atoms with Crippen LogP contribution in [0, 0.1) is 0 Å². The van der Waals surface area contributed by atoms with Crippen LogP contribution < -0.4 is 4.90 Å². The molecule has 0 N–H and O–H groups in total. The molecule has 0 spiro atoms. The number of thiazole rings is 1. The number of fused-ring (bicyclic) bond motifs is 1. The van der Waals surface area contributed by atoms with Crippen LogP contribution in [-0.4, -0.2) is 22.4 Å². The molecule has 4 rings (SSSR count). The number of hydrogen-bond donors (Lipinski definition) is 0. The van der Waals surface area contributed by atoms with E-state index < -0.39 is 0 Å². The monoisotopic (exact) mass is 371 g/mol. The first-order valence-corrected chi connectivity index (χ1v) is 9.44. The minimum atomic E-state index is -0.186. The average molecular weight is 371 g/mol. The van der Waals surface area contributed by atoms with Crippen molar-refractivity contribution in [1.29, 1.82) is 0 Å². The SMILES string of the molecule is C=CCN(C(=O)c1ccc2ccccc2n1)c1nc(-c2ccccc2)cs1. The van der Waals surface area contributed by atoms with Crippen LogP contribution in [0.15, 0.2) is 84.8 Å². The highest BCUT2D eigenvalue weighted by Crippen LogP contribution is 2.28. The fourth-order valence-electron chi connectivity index (χ4n) is 2.83. The molecule has 0 atom stereocenters. The molecule has 0 bridgehead atoms. The Morgan fingerprint density at radius 2 is 1.78 bits per heavy atom. The van der Waals surface area contributed by atoms with Crippen molar-refractivity contribution in [1.82, 2.24) is 9.97 Å². The number of carbonyl (C=O) groups is 1. The quantitative estimate of drug-likeness (QED) is 0.454. The number of carbonyl (C=O) groups excluding carboxylic acids is 1. The van der Waals surface area contributed by atoms with E-state index in [1.807, 2.05) is 66.0 Å². The summed E-state index contributed by atoms with van der Waals surface area (Å²) in [4.78, 5) is 23.9. The van der Waals surface area contributed by atoms with E-state index in [4.69, 9.17) is 0 Å². The summed E-state index contributed by atoms with van der Waals surface area (Å²) in [7, 11) is 0. The van der Waals surface area contributed by atoms with Crippen LogP contribution in [0.5, 0.6) is 0 Å². The Morgan fingerprint density at radius 3 is 2.59 bits per heavy atom. The molecule has 0 unspecified atom stereocenters. The van der Waals surface area contributed by atoms with E-state index in [2.05, 4.69) is 16.5 Å². The van der Waals surface area contributed by atoms with Crippen molar-refractivity contribution >= 4 is 33.3 Å². The molecule has 0 radical (unpaired) electrons. The number of pyridine rings is 1. The normalized spacial score (nSPS) is 10.7. The van der Waals surface area contributed by atoms with Crippen molar-refractivity contribution in [2.24, 2.45) is 0 Å². The van der Waals surface area contributed by atoms with E-state index in [1.165, 1.54) is 11.3 Å². The van der Waals surface area contributed by atoms with Crippen molar-refractivity contribution in [2.45, 2.75) is 0 Å². The number of para-hydroxylation sites is 1. The molecule has 0 saturated carbocycles. The van der Waals surface area contributed by atoms with E-state index >= 15 is 0 Å². The summed E-state index contributed by atoms with van der Waals surface area (Å²) in [5, 5.41) is 3.60. The molecule has 0 aliphatic heterocycles. The van der Waals surface area contributed by atoms with Crippen LogP contribution in [-0.2, 0) is 0 Å². The first-order valence-electron chi connectivity index (χ1n) is 8.56. The number of benzene rings is 2. The lowest BCUT2D eigenvalue weighted by Gasteiger charge is -2.17. The zero-order chi connectivity index (χ0) is 18.6. The molecule has 132 valence electrons. The summed E-state index contributed by atoms with van der Waals surface area (Å²) in [6.45, 7) is 4.15. The third-order valence-corrected chi connectivity index (χ3v) is 5.03. The molecule has 5 heteroatoms. The molecule has 27 heavy (non-hydrogen) atoms. The summed E-state index contributed by atoms with van der Waals surface area (Å²) < 4.78 is 0. The molecule has 1 amide bonds. The van der Waals surface area contributed by atoms with E-state index in [0.29, 0.717) is 17.4 Å². The minimum absolute atomic E-state index is 0.186. The summed E-state index contributed by atoms with van der Waals surface area (Å²) in [5.74, 6) is -0.186. The van der Waals surface area contributed by atoms with Crippen molar-refractivity contribution in [3.05, 3.63) is 90.5 Å². The predicted octanol–water partition coefficient (Wildman–Crippen LogP) is 5.19. The molecule has 4 aromatic rings. The zero-order valence-electron chi connectivity index (χ0n) is 14.6. The second-order valence-electron chi connectivity index (χ2n) is 5.97. The van der Waals surface area contributed by atoms with E-state index in [0.717, 1.165) is 22.2 Å². The van der Waals surface area contributed by atoms with Crippen LogP contribution in [0.2, 0.25) is 0 Å². The zero-order valence-corrected chi connectivity index (χ0v) is 15.4. The number of nitrogens with zero attached hydrogens (tertiary/aromatic N) is 3. The Hall–Kier alpha value is -3.31. The standard InChI is InChI=1S/C22H17N3OS/c1-2-14-25(22-24-20(15-27-22)16-8-4-3-5-9-16)21(26)19-13-12-17-10-6-7-11-18(17)23-19/h2-13,15H,1,14H2. The number of rotatable bonds is 5. The molecule has 4 nitrogen and oxygen atoms in total. The van der Waals surface area contributed by atoms with Crippen LogP contribution >= 0.6 is 11.3 Å². The Kier molecular flexibility index (Phi) is 4.77. The van der Waals surface area contributed by atoms with Gasteiger partial charge in [-0.05, 0) is 12.1 Å². The predicted molar refractivity (Wildman–Crippen MR) is 111 cm³/mol. The Labute approximate surface area is 161 Å². The third-order valence-electron chi connectivity index (χ3n) is 4.17. The van der Waals surface area contributed by atoms with Gasteiger partial charge in [0.25, 0.3) is 5.91 Å². The largest absolute Gasteiger partial charge is 0.279 e. The highest BCUT2D eigenvalue weighted by atomic mass is 32.1. The smallest absolute Gasteiger partial charge is 0.278 e. The Bertz CT molecular complexity index is 1100. The molecule has 0 fully saturated rings.